The number of rotatable bonds is 5. The van der Waals surface area contributed by atoms with Crippen LogP contribution in [0.5, 0.6) is 0 Å². The zero-order valence-corrected chi connectivity index (χ0v) is 8.39. The number of hydrogen-bond acceptors (Lipinski definition) is 2. The lowest BCUT2D eigenvalue weighted by atomic mass is 10.2. The summed E-state index contributed by atoms with van der Waals surface area (Å²) in [6, 6.07) is 5.02. The highest BCUT2D eigenvalue weighted by Crippen LogP contribution is 2.18. The average Bonchev–Trinajstić information content (AvgIpc) is 2.16. The van der Waals surface area contributed by atoms with E-state index in [1.54, 1.807) is 6.07 Å². The van der Waals surface area contributed by atoms with E-state index in [-0.39, 0.29) is 12.4 Å². The Morgan fingerprint density at radius 1 is 1.36 bits per heavy atom. The van der Waals surface area contributed by atoms with E-state index in [1.165, 1.54) is 6.07 Å². The van der Waals surface area contributed by atoms with Crippen LogP contribution >= 0.6 is 0 Å². The van der Waals surface area contributed by atoms with Gasteiger partial charge in [0, 0.05) is 13.2 Å². The first-order valence-electron chi connectivity index (χ1n) is 4.85. The van der Waals surface area contributed by atoms with Crippen molar-refractivity contribution < 1.29 is 9.50 Å². The number of aliphatic hydroxyl groups excluding tert-OH is 1. The lowest BCUT2D eigenvalue weighted by Crippen LogP contribution is -2.05. The van der Waals surface area contributed by atoms with Crippen LogP contribution in [0.15, 0.2) is 18.2 Å². The Hall–Kier alpha value is -1.09. The topological polar surface area (TPSA) is 32.3 Å². The Labute approximate surface area is 83.8 Å². The van der Waals surface area contributed by atoms with Crippen LogP contribution in [0.2, 0.25) is 0 Å². The number of nitrogens with one attached hydrogen (secondary N) is 1. The van der Waals surface area contributed by atoms with E-state index in [4.69, 9.17) is 5.11 Å². The lowest BCUT2D eigenvalue weighted by molar-refractivity contribution is 0.286. The molecule has 0 fully saturated rings. The number of anilines is 1. The third kappa shape index (κ3) is 3.00. The second-order valence-electron chi connectivity index (χ2n) is 3.29. The first-order chi connectivity index (χ1) is 6.75. The van der Waals surface area contributed by atoms with Crippen molar-refractivity contribution in [1.82, 2.24) is 0 Å². The molecule has 0 unspecified atom stereocenters. The van der Waals surface area contributed by atoms with Crippen molar-refractivity contribution in [2.45, 2.75) is 19.8 Å². The van der Waals surface area contributed by atoms with E-state index in [9.17, 15) is 4.39 Å². The molecule has 1 aromatic carbocycles. The van der Waals surface area contributed by atoms with Crippen molar-refractivity contribution in [3.63, 3.8) is 0 Å². The highest BCUT2D eigenvalue weighted by atomic mass is 19.1. The largest absolute Gasteiger partial charge is 0.396 e. The van der Waals surface area contributed by atoms with Gasteiger partial charge in [0.05, 0.1) is 5.69 Å². The van der Waals surface area contributed by atoms with Crippen molar-refractivity contribution in [1.29, 1.82) is 0 Å². The molecule has 0 heterocycles. The molecule has 0 amide bonds. The molecule has 2 nitrogen and oxygen atoms in total. The van der Waals surface area contributed by atoms with Crippen molar-refractivity contribution in [2.75, 3.05) is 18.5 Å². The first-order valence-corrected chi connectivity index (χ1v) is 4.85. The zero-order chi connectivity index (χ0) is 10.4. The minimum absolute atomic E-state index is 0.192. The molecular weight excluding hydrogens is 181 g/mol. The number of benzene rings is 1. The zero-order valence-electron chi connectivity index (χ0n) is 8.39. The molecule has 0 aliphatic carbocycles. The van der Waals surface area contributed by atoms with Crippen LogP contribution < -0.4 is 5.32 Å². The minimum atomic E-state index is -0.214. The van der Waals surface area contributed by atoms with E-state index in [0.717, 1.165) is 18.4 Å². The van der Waals surface area contributed by atoms with Gasteiger partial charge in [0.2, 0.25) is 0 Å². The molecule has 0 aliphatic rings. The summed E-state index contributed by atoms with van der Waals surface area (Å²) in [5.74, 6) is -0.214. The molecule has 0 spiro atoms. The van der Waals surface area contributed by atoms with Gasteiger partial charge in [-0.25, -0.2) is 4.39 Å². The van der Waals surface area contributed by atoms with E-state index < -0.39 is 0 Å². The fourth-order valence-corrected chi connectivity index (χ4v) is 1.31. The smallest absolute Gasteiger partial charge is 0.146 e. The predicted octanol–water partition coefficient (Wildman–Crippen LogP) is 2.32. The van der Waals surface area contributed by atoms with Crippen LogP contribution in [0.25, 0.3) is 0 Å². The molecule has 0 bridgehead atoms. The maximum absolute atomic E-state index is 13.2. The molecule has 1 rings (SSSR count). The standard InChI is InChI=1S/C11H16FNO/c1-9-5-4-6-10(12)11(9)13-7-2-3-8-14/h4-6,13-14H,2-3,7-8H2,1H3. The summed E-state index contributed by atoms with van der Waals surface area (Å²) in [4.78, 5) is 0. The summed E-state index contributed by atoms with van der Waals surface area (Å²) in [7, 11) is 0. The highest BCUT2D eigenvalue weighted by molar-refractivity contribution is 5.51. The molecule has 0 radical (unpaired) electrons. The van der Waals surface area contributed by atoms with E-state index in [1.807, 2.05) is 13.0 Å². The normalized spacial score (nSPS) is 10.2. The number of aliphatic hydroxyl groups is 1. The molecule has 3 heteroatoms. The number of hydrogen-bond donors (Lipinski definition) is 2. The predicted molar refractivity (Wildman–Crippen MR) is 55.9 cm³/mol. The molecule has 1 aromatic rings. The van der Waals surface area contributed by atoms with E-state index in [2.05, 4.69) is 5.32 Å². The summed E-state index contributed by atoms with van der Waals surface area (Å²) in [6.45, 7) is 2.76. The van der Waals surface area contributed by atoms with Gasteiger partial charge in [0.1, 0.15) is 5.82 Å². The Kier molecular flexibility index (Phi) is 4.40. The molecule has 78 valence electrons. The molecule has 0 aromatic heterocycles. The lowest BCUT2D eigenvalue weighted by Gasteiger charge is -2.09. The summed E-state index contributed by atoms with van der Waals surface area (Å²) >= 11 is 0. The Morgan fingerprint density at radius 3 is 2.79 bits per heavy atom. The molecule has 0 saturated carbocycles. The van der Waals surface area contributed by atoms with Crippen LogP contribution in [0, 0.1) is 12.7 Å². The van der Waals surface area contributed by atoms with Crippen LogP contribution in [0.4, 0.5) is 10.1 Å². The number of aryl methyl sites for hydroxylation is 1. The molecule has 14 heavy (non-hydrogen) atoms. The van der Waals surface area contributed by atoms with Gasteiger partial charge in [-0.05, 0) is 31.4 Å². The molecule has 0 saturated heterocycles. The maximum Gasteiger partial charge on any atom is 0.146 e. The maximum atomic E-state index is 13.2. The van der Waals surface area contributed by atoms with Crippen LogP contribution in [-0.4, -0.2) is 18.3 Å². The molecule has 2 N–H and O–H groups in total. The fraction of sp³-hybridized carbons (Fsp3) is 0.455. The van der Waals surface area contributed by atoms with Gasteiger partial charge >= 0.3 is 0 Å². The second kappa shape index (κ2) is 5.60. The number of unbranched alkanes of at least 4 members (excludes halogenated alkanes) is 1. The van der Waals surface area contributed by atoms with Crippen molar-refractivity contribution in [2.24, 2.45) is 0 Å². The summed E-state index contributed by atoms with van der Waals surface area (Å²) in [5.41, 5.74) is 1.49. The molecular formula is C11H16FNO. The minimum Gasteiger partial charge on any atom is -0.396 e. The van der Waals surface area contributed by atoms with Crippen molar-refractivity contribution in [3.05, 3.63) is 29.6 Å². The summed E-state index contributed by atoms with van der Waals surface area (Å²) in [6.07, 6.45) is 1.60. The second-order valence-corrected chi connectivity index (χ2v) is 3.29. The Bertz CT molecular complexity index is 268. The Morgan fingerprint density at radius 2 is 2.14 bits per heavy atom. The average molecular weight is 197 g/mol. The van der Waals surface area contributed by atoms with Gasteiger partial charge in [-0.3, -0.25) is 0 Å². The number of para-hydroxylation sites is 1. The van der Waals surface area contributed by atoms with Gasteiger partial charge in [-0.15, -0.1) is 0 Å². The van der Waals surface area contributed by atoms with Gasteiger partial charge < -0.3 is 10.4 Å². The summed E-state index contributed by atoms with van der Waals surface area (Å²) in [5, 5.41) is 11.6. The van der Waals surface area contributed by atoms with Crippen molar-refractivity contribution >= 4 is 5.69 Å². The molecule has 0 atom stereocenters. The van der Waals surface area contributed by atoms with Gasteiger partial charge in [0.25, 0.3) is 0 Å². The van der Waals surface area contributed by atoms with Gasteiger partial charge in [-0.2, -0.15) is 0 Å². The van der Waals surface area contributed by atoms with Crippen LogP contribution in [0.3, 0.4) is 0 Å². The number of halogens is 1. The van der Waals surface area contributed by atoms with Crippen molar-refractivity contribution in [3.8, 4) is 0 Å². The van der Waals surface area contributed by atoms with Gasteiger partial charge in [0.15, 0.2) is 0 Å². The van der Waals surface area contributed by atoms with Crippen LogP contribution in [0.1, 0.15) is 18.4 Å². The summed E-state index contributed by atoms with van der Waals surface area (Å²) < 4.78 is 13.2. The fourth-order valence-electron chi connectivity index (χ4n) is 1.31. The SMILES string of the molecule is Cc1cccc(F)c1NCCCCO. The molecule has 0 aliphatic heterocycles. The highest BCUT2D eigenvalue weighted by Gasteiger charge is 2.02. The monoisotopic (exact) mass is 197 g/mol. The van der Waals surface area contributed by atoms with E-state index in [0.29, 0.717) is 12.2 Å². The first kappa shape index (κ1) is 11.0. The van der Waals surface area contributed by atoms with E-state index >= 15 is 0 Å². The van der Waals surface area contributed by atoms with Gasteiger partial charge in [-0.1, -0.05) is 12.1 Å². The quantitative estimate of drug-likeness (QED) is 0.710. The van der Waals surface area contributed by atoms with Crippen LogP contribution in [-0.2, 0) is 0 Å². The third-order valence-electron chi connectivity index (χ3n) is 2.11. The Balaban J connectivity index is 2.49. The third-order valence-corrected chi connectivity index (χ3v) is 2.11.